The fourth-order valence-electron chi connectivity index (χ4n) is 2.73. The number of hydrogen-bond acceptors (Lipinski definition) is 3. The predicted octanol–water partition coefficient (Wildman–Crippen LogP) is 3.29. The topological polar surface area (TPSA) is 54.0 Å². The molecule has 0 amide bonds. The fourth-order valence-corrected chi connectivity index (χ4v) is 3.20. The van der Waals surface area contributed by atoms with Gasteiger partial charge in [-0.05, 0) is 41.6 Å². The van der Waals surface area contributed by atoms with E-state index in [2.05, 4.69) is 32.1 Å². The van der Waals surface area contributed by atoms with Crippen LogP contribution in [0.15, 0.2) is 23.1 Å². The molecule has 0 spiro atoms. The number of fused-ring (bicyclic) bond motifs is 1. The van der Waals surface area contributed by atoms with Crippen LogP contribution in [0.2, 0.25) is 0 Å². The number of nitriles is 1. The van der Waals surface area contributed by atoms with Crippen molar-refractivity contribution in [2.24, 2.45) is 5.92 Å². The van der Waals surface area contributed by atoms with Gasteiger partial charge in [0.05, 0.1) is 22.4 Å². The zero-order valence-electron chi connectivity index (χ0n) is 9.88. The molecule has 0 bridgehead atoms. The molecule has 0 atom stereocenters. The molecule has 3 rings (SSSR count). The lowest BCUT2D eigenvalue weighted by Crippen LogP contribution is -2.14. The van der Waals surface area contributed by atoms with Crippen molar-refractivity contribution in [2.75, 3.05) is 0 Å². The van der Waals surface area contributed by atoms with Crippen LogP contribution < -0.4 is 0 Å². The second kappa shape index (κ2) is 4.69. The molecule has 0 N–H and O–H groups in total. The van der Waals surface area contributed by atoms with Gasteiger partial charge in [0.25, 0.3) is 0 Å². The van der Waals surface area contributed by atoms with Crippen LogP contribution in [-0.4, -0.2) is 14.6 Å². The normalized spacial score (nSPS) is 24.0. The van der Waals surface area contributed by atoms with Gasteiger partial charge in [-0.25, -0.2) is 4.52 Å². The molecule has 4 nitrogen and oxygen atoms in total. The maximum absolute atomic E-state index is 8.94. The summed E-state index contributed by atoms with van der Waals surface area (Å²) in [7, 11) is 0. The summed E-state index contributed by atoms with van der Waals surface area (Å²) in [6, 6.07) is 2.37. The van der Waals surface area contributed by atoms with E-state index in [-0.39, 0.29) is 5.92 Å². The van der Waals surface area contributed by atoms with Gasteiger partial charge in [0.2, 0.25) is 0 Å². The van der Waals surface area contributed by atoms with E-state index >= 15 is 0 Å². The van der Waals surface area contributed by atoms with Crippen LogP contribution in [0.3, 0.4) is 0 Å². The van der Waals surface area contributed by atoms with Gasteiger partial charge in [0.1, 0.15) is 5.52 Å². The largest absolute Gasteiger partial charge is 0.257 e. The van der Waals surface area contributed by atoms with Crippen LogP contribution in [0.1, 0.15) is 37.3 Å². The molecule has 1 aliphatic carbocycles. The summed E-state index contributed by atoms with van der Waals surface area (Å²) in [6.45, 7) is 0. The van der Waals surface area contributed by atoms with Crippen LogP contribution in [0.5, 0.6) is 0 Å². The van der Waals surface area contributed by atoms with Crippen molar-refractivity contribution in [3.8, 4) is 6.07 Å². The third kappa shape index (κ3) is 1.91. The van der Waals surface area contributed by atoms with Crippen LogP contribution in [0, 0.1) is 17.2 Å². The van der Waals surface area contributed by atoms with Gasteiger partial charge in [0, 0.05) is 24.2 Å². The van der Waals surface area contributed by atoms with Gasteiger partial charge in [-0.2, -0.15) is 10.4 Å². The zero-order chi connectivity index (χ0) is 12.5. The Labute approximate surface area is 114 Å². The SMILES string of the molecule is N#C[C@H]1CC[C@@H](c2nccn3ncc(Br)c23)CC1. The first kappa shape index (κ1) is 11.7. The molecule has 1 fully saturated rings. The lowest BCUT2D eigenvalue weighted by atomic mass is 9.81. The molecule has 2 heterocycles. The van der Waals surface area contributed by atoms with Crippen LogP contribution in [0.25, 0.3) is 5.52 Å². The molecule has 2 aromatic heterocycles. The Bertz CT molecular complexity index is 605. The molecule has 0 radical (unpaired) electrons. The quantitative estimate of drug-likeness (QED) is 0.812. The molecule has 2 aromatic rings. The highest BCUT2D eigenvalue weighted by atomic mass is 79.9. The van der Waals surface area contributed by atoms with Crippen molar-refractivity contribution >= 4 is 21.4 Å². The van der Waals surface area contributed by atoms with Crippen molar-refractivity contribution in [3.05, 3.63) is 28.8 Å². The Morgan fingerprint density at radius 2 is 2.11 bits per heavy atom. The minimum Gasteiger partial charge on any atom is -0.257 e. The maximum Gasteiger partial charge on any atom is 0.102 e. The summed E-state index contributed by atoms with van der Waals surface area (Å²) in [5, 5.41) is 13.2. The number of rotatable bonds is 1. The minimum absolute atomic E-state index is 0.231. The molecule has 0 aromatic carbocycles. The van der Waals surface area contributed by atoms with Crippen molar-refractivity contribution in [2.45, 2.75) is 31.6 Å². The molecule has 1 saturated carbocycles. The standard InChI is InChI=1S/C13H13BrN4/c14-11-8-17-18-6-5-16-12(13(11)18)10-3-1-9(7-15)2-4-10/h5-6,8-10H,1-4H2/t9-,10+. The summed E-state index contributed by atoms with van der Waals surface area (Å²) >= 11 is 3.53. The lowest BCUT2D eigenvalue weighted by molar-refractivity contribution is 0.378. The lowest BCUT2D eigenvalue weighted by Gasteiger charge is -2.24. The van der Waals surface area contributed by atoms with E-state index in [1.807, 2.05) is 10.7 Å². The number of hydrogen-bond donors (Lipinski definition) is 0. The maximum atomic E-state index is 8.94. The zero-order valence-corrected chi connectivity index (χ0v) is 11.5. The first-order chi connectivity index (χ1) is 8.79. The average molecular weight is 305 g/mol. The Morgan fingerprint density at radius 3 is 2.83 bits per heavy atom. The van der Waals surface area contributed by atoms with Crippen LogP contribution in [0.4, 0.5) is 0 Å². The first-order valence-corrected chi connectivity index (χ1v) is 6.96. The predicted molar refractivity (Wildman–Crippen MR) is 71.0 cm³/mol. The smallest absolute Gasteiger partial charge is 0.102 e. The first-order valence-electron chi connectivity index (χ1n) is 6.17. The van der Waals surface area contributed by atoms with Gasteiger partial charge in [0.15, 0.2) is 0 Å². The minimum atomic E-state index is 0.231. The molecular weight excluding hydrogens is 292 g/mol. The van der Waals surface area contributed by atoms with E-state index in [1.165, 1.54) is 0 Å². The van der Waals surface area contributed by atoms with Gasteiger partial charge in [-0.1, -0.05) is 0 Å². The van der Waals surface area contributed by atoms with Gasteiger partial charge in [-0.3, -0.25) is 4.98 Å². The Hall–Kier alpha value is -1.41. The molecule has 5 heteroatoms. The van der Waals surface area contributed by atoms with Crippen molar-refractivity contribution in [3.63, 3.8) is 0 Å². The summed E-state index contributed by atoms with van der Waals surface area (Å²) in [5.74, 6) is 0.681. The summed E-state index contributed by atoms with van der Waals surface area (Å²) in [5.41, 5.74) is 2.18. The monoisotopic (exact) mass is 304 g/mol. The molecule has 92 valence electrons. The molecule has 0 saturated heterocycles. The highest BCUT2D eigenvalue weighted by molar-refractivity contribution is 9.10. The number of halogens is 1. The molecule has 18 heavy (non-hydrogen) atoms. The van der Waals surface area contributed by atoms with E-state index in [0.717, 1.165) is 41.4 Å². The Morgan fingerprint density at radius 1 is 1.33 bits per heavy atom. The summed E-state index contributed by atoms with van der Waals surface area (Å²) in [4.78, 5) is 4.54. The van der Waals surface area contributed by atoms with E-state index in [1.54, 1.807) is 12.4 Å². The summed E-state index contributed by atoms with van der Waals surface area (Å²) < 4.78 is 2.86. The molecule has 1 aliphatic rings. The molecule has 0 aliphatic heterocycles. The number of nitrogens with zero attached hydrogens (tertiary/aromatic N) is 4. The van der Waals surface area contributed by atoms with Crippen molar-refractivity contribution in [1.29, 1.82) is 5.26 Å². The highest BCUT2D eigenvalue weighted by Crippen LogP contribution is 2.37. The van der Waals surface area contributed by atoms with E-state index in [9.17, 15) is 0 Å². The van der Waals surface area contributed by atoms with Crippen molar-refractivity contribution in [1.82, 2.24) is 14.6 Å². The fraction of sp³-hybridized carbons (Fsp3) is 0.462. The second-order valence-electron chi connectivity index (χ2n) is 4.78. The van der Waals surface area contributed by atoms with Crippen LogP contribution in [-0.2, 0) is 0 Å². The summed E-state index contributed by atoms with van der Waals surface area (Å²) in [6.07, 6.45) is 9.53. The van der Waals surface area contributed by atoms with Crippen LogP contribution >= 0.6 is 15.9 Å². The third-order valence-corrected chi connectivity index (χ3v) is 4.29. The van der Waals surface area contributed by atoms with Crippen molar-refractivity contribution < 1.29 is 0 Å². The second-order valence-corrected chi connectivity index (χ2v) is 5.63. The van der Waals surface area contributed by atoms with E-state index < -0.39 is 0 Å². The van der Waals surface area contributed by atoms with E-state index in [4.69, 9.17) is 5.26 Å². The molecule has 0 unspecified atom stereocenters. The van der Waals surface area contributed by atoms with Gasteiger partial charge >= 0.3 is 0 Å². The van der Waals surface area contributed by atoms with E-state index in [0.29, 0.717) is 5.92 Å². The molecular formula is C13H13BrN4. The highest BCUT2D eigenvalue weighted by Gasteiger charge is 2.25. The van der Waals surface area contributed by atoms with Gasteiger partial charge in [-0.15, -0.1) is 0 Å². The average Bonchev–Trinajstić information content (AvgIpc) is 2.81. The van der Waals surface area contributed by atoms with Gasteiger partial charge < -0.3 is 0 Å². The third-order valence-electron chi connectivity index (χ3n) is 3.71. The number of aromatic nitrogens is 3. The Balaban J connectivity index is 1.96. The Kier molecular flexibility index (Phi) is 3.04.